The monoisotopic (exact) mass is 352 g/mol. The number of ether oxygens (including phenoxy) is 2. The fourth-order valence-electron chi connectivity index (χ4n) is 3.13. The maximum Gasteiger partial charge on any atom is 0.303 e. The van der Waals surface area contributed by atoms with Crippen molar-refractivity contribution in [3.8, 4) is 15.5 Å². The highest BCUT2D eigenvalue weighted by molar-refractivity contribution is 7.16. The second-order valence-corrected chi connectivity index (χ2v) is 7.57. The third kappa shape index (κ3) is 3.04. The number of fused-ring (bicyclic) bond motifs is 2. The first-order chi connectivity index (χ1) is 11.2. The molecule has 0 spiro atoms. The highest BCUT2D eigenvalue weighted by atomic mass is 32.1. The minimum Gasteiger partial charge on any atom is -0.472 e. The highest BCUT2D eigenvalue weighted by Gasteiger charge is 2.39. The van der Waals surface area contributed by atoms with Crippen molar-refractivity contribution in [3.63, 3.8) is 0 Å². The SMILES string of the molecule is COc1nnc(Oc2ccc(C(=O)NC3CC4CCC3N4)s2)s1. The molecule has 4 rings (SSSR count). The molecule has 0 saturated carbocycles. The summed E-state index contributed by atoms with van der Waals surface area (Å²) in [5.74, 6) is -0.0426. The largest absolute Gasteiger partial charge is 0.472 e. The lowest BCUT2D eigenvalue weighted by atomic mass is 9.95. The Balaban J connectivity index is 1.38. The van der Waals surface area contributed by atoms with Crippen LogP contribution in [0.4, 0.5) is 0 Å². The number of hydrogen-bond donors (Lipinski definition) is 2. The minimum absolute atomic E-state index is 0.0426. The Hall–Kier alpha value is -1.71. The van der Waals surface area contributed by atoms with Gasteiger partial charge in [0.15, 0.2) is 5.06 Å². The molecule has 0 radical (unpaired) electrons. The van der Waals surface area contributed by atoms with E-state index in [-0.39, 0.29) is 11.9 Å². The molecule has 2 N–H and O–H groups in total. The summed E-state index contributed by atoms with van der Waals surface area (Å²) in [6.07, 6.45) is 3.39. The van der Waals surface area contributed by atoms with Crippen LogP contribution in [-0.2, 0) is 0 Å². The zero-order chi connectivity index (χ0) is 15.8. The summed E-state index contributed by atoms with van der Waals surface area (Å²) in [7, 11) is 1.53. The highest BCUT2D eigenvalue weighted by Crippen LogP contribution is 2.33. The van der Waals surface area contributed by atoms with Gasteiger partial charge in [0.1, 0.15) is 0 Å². The lowest BCUT2D eigenvalue weighted by molar-refractivity contribution is 0.0935. The molecule has 3 unspecified atom stereocenters. The van der Waals surface area contributed by atoms with Gasteiger partial charge in [-0.15, -0.1) is 0 Å². The van der Waals surface area contributed by atoms with Gasteiger partial charge in [0.05, 0.1) is 12.0 Å². The van der Waals surface area contributed by atoms with Crippen LogP contribution < -0.4 is 20.1 Å². The number of methoxy groups -OCH3 is 1. The number of aromatic nitrogens is 2. The second-order valence-electron chi connectivity index (χ2n) is 5.62. The van der Waals surface area contributed by atoms with Gasteiger partial charge in [0.25, 0.3) is 11.1 Å². The number of hydrogen-bond acceptors (Lipinski definition) is 8. The molecule has 23 heavy (non-hydrogen) atoms. The van der Waals surface area contributed by atoms with E-state index < -0.39 is 0 Å². The van der Waals surface area contributed by atoms with Crippen molar-refractivity contribution in [1.29, 1.82) is 0 Å². The van der Waals surface area contributed by atoms with E-state index >= 15 is 0 Å². The van der Waals surface area contributed by atoms with Crippen molar-refractivity contribution in [1.82, 2.24) is 20.8 Å². The molecule has 2 aliphatic rings. The maximum atomic E-state index is 12.4. The van der Waals surface area contributed by atoms with Crippen molar-refractivity contribution in [3.05, 3.63) is 17.0 Å². The Bertz CT molecular complexity index is 716. The van der Waals surface area contributed by atoms with Crippen molar-refractivity contribution >= 4 is 28.6 Å². The van der Waals surface area contributed by atoms with Crippen molar-refractivity contribution in [2.75, 3.05) is 7.11 Å². The van der Waals surface area contributed by atoms with Crippen LogP contribution in [0.15, 0.2) is 12.1 Å². The molecule has 2 aliphatic heterocycles. The van der Waals surface area contributed by atoms with Gasteiger partial charge in [0, 0.05) is 18.1 Å². The van der Waals surface area contributed by atoms with Crippen LogP contribution in [0.5, 0.6) is 15.5 Å². The molecular formula is C14H16N4O3S2. The zero-order valence-corrected chi connectivity index (χ0v) is 14.1. The van der Waals surface area contributed by atoms with Crippen LogP contribution in [0.1, 0.15) is 28.9 Å². The summed E-state index contributed by atoms with van der Waals surface area (Å²) < 4.78 is 10.6. The summed E-state index contributed by atoms with van der Waals surface area (Å²) in [6, 6.07) is 4.77. The molecule has 3 atom stereocenters. The molecule has 7 nitrogen and oxygen atoms in total. The third-order valence-corrected chi connectivity index (χ3v) is 5.90. The smallest absolute Gasteiger partial charge is 0.303 e. The average Bonchev–Trinajstić information content (AvgIpc) is 3.32. The lowest BCUT2D eigenvalue weighted by Crippen LogP contribution is -2.42. The van der Waals surface area contributed by atoms with Crippen LogP contribution in [0.2, 0.25) is 0 Å². The first-order valence-electron chi connectivity index (χ1n) is 7.43. The van der Waals surface area contributed by atoms with Gasteiger partial charge in [-0.3, -0.25) is 4.79 Å². The molecule has 0 aliphatic carbocycles. The summed E-state index contributed by atoms with van der Waals surface area (Å²) >= 11 is 2.51. The normalized spacial score (nSPS) is 25.5. The number of carbonyl (C=O) groups excluding carboxylic acids is 1. The Morgan fingerprint density at radius 3 is 2.87 bits per heavy atom. The van der Waals surface area contributed by atoms with Gasteiger partial charge in [-0.25, -0.2) is 0 Å². The quantitative estimate of drug-likeness (QED) is 0.856. The van der Waals surface area contributed by atoms with Crippen molar-refractivity contribution in [2.45, 2.75) is 37.4 Å². The predicted molar refractivity (Wildman–Crippen MR) is 86.7 cm³/mol. The third-order valence-electron chi connectivity index (χ3n) is 4.17. The second kappa shape index (κ2) is 6.06. The number of nitrogens with zero attached hydrogens (tertiary/aromatic N) is 2. The van der Waals surface area contributed by atoms with E-state index in [1.54, 1.807) is 12.1 Å². The van der Waals surface area contributed by atoms with Gasteiger partial charge in [-0.2, -0.15) is 0 Å². The summed E-state index contributed by atoms with van der Waals surface area (Å²) in [5.41, 5.74) is 0. The number of nitrogens with one attached hydrogen (secondary N) is 2. The molecule has 2 aromatic rings. The van der Waals surface area contributed by atoms with Gasteiger partial charge in [0.2, 0.25) is 0 Å². The molecule has 2 saturated heterocycles. The number of thiophene rings is 1. The van der Waals surface area contributed by atoms with E-state index in [0.717, 1.165) is 12.8 Å². The number of rotatable bonds is 5. The zero-order valence-electron chi connectivity index (χ0n) is 12.4. The van der Waals surface area contributed by atoms with E-state index in [1.807, 2.05) is 0 Å². The average molecular weight is 352 g/mol. The Kier molecular flexibility index (Phi) is 3.92. The minimum atomic E-state index is -0.0426. The standard InChI is InChI=1S/C14H16N4O3S2/c1-20-13-17-18-14(23-13)21-11-5-4-10(22-11)12(19)16-9-6-7-2-3-8(9)15-7/h4-5,7-9,15H,2-3,6H2,1H3,(H,16,19). The number of amides is 1. The Labute approximate surface area is 141 Å². The summed E-state index contributed by atoms with van der Waals surface area (Å²) in [5, 5.41) is 15.8. The van der Waals surface area contributed by atoms with E-state index in [2.05, 4.69) is 20.8 Å². The molecular weight excluding hydrogens is 336 g/mol. The molecule has 2 bridgehead atoms. The first-order valence-corrected chi connectivity index (χ1v) is 9.06. The molecule has 0 aromatic carbocycles. The van der Waals surface area contributed by atoms with Gasteiger partial charge >= 0.3 is 5.19 Å². The Morgan fingerprint density at radius 2 is 2.17 bits per heavy atom. The van der Waals surface area contributed by atoms with Crippen LogP contribution in [0, 0.1) is 0 Å². The topological polar surface area (TPSA) is 85.4 Å². The van der Waals surface area contributed by atoms with Crippen LogP contribution in [-0.4, -0.2) is 41.3 Å². The fourth-order valence-corrected chi connectivity index (χ4v) is 4.47. The van der Waals surface area contributed by atoms with E-state index in [1.165, 1.54) is 36.2 Å². The summed E-state index contributed by atoms with van der Waals surface area (Å²) in [4.78, 5) is 13.0. The van der Waals surface area contributed by atoms with Crippen molar-refractivity contribution in [2.24, 2.45) is 0 Å². The fraction of sp³-hybridized carbons (Fsp3) is 0.500. The lowest BCUT2D eigenvalue weighted by Gasteiger charge is -2.20. The van der Waals surface area contributed by atoms with Crippen LogP contribution in [0.25, 0.3) is 0 Å². The van der Waals surface area contributed by atoms with E-state index in [0.29, 0.717) is 32.4 Å². The molecule has 4 heterocycles. The molecule has 2 fully saturated rings. The summed E-state index contributed by atoms with van der Waals surface area (Å²) in [6.45, 7) is 0. The molecule has 1 amide bonds. The van der Waals surface area contributed by atoms with Gasteiger partial charge in [-0.05, 0) is 42.7 Å². The number of carbonyl (C=O) groups is 1. The van der Waals surface area contributed by atoms with Gasteiger partial charge < -0.3 is 20.1 Å². The van der Waals surface area contributed by atoms with Crippen LogP contribution >= 0.6 is 22.7 Å². The van der Waals surface area contributed by atoms with Crippen LogP contribution in [0.3, 0.4) is 0 Å². The van der Waals surface area contributed by atoms with Gasteiger partial charge in [-0.1, -0.05) is 21.5 Å². The maximum absolute atomic E-state index is 12.4. The van der Waals surface area contributed by atoms with E-state index in [4.69, 9.17) is 9.47 Å². The van der Waals surface area contributed by atoms with Crippen molar-refractivity contribution < 1.29 is 14.3 Å². The van der Waals surface area contributed by atoms with E-state index in [9.17, 15) is 4.79 Å². The Morgan fingerprint density at radius 1 is 1.30 bits per heavy atom. The molecule has 122 valence electrons. The molecule has 2 aromatic heterocycles. The predicted octanol–water partition coefficient (Wildman–Crippen LogP) is 2.02. The molecule has 9 heteroatoms. The first kappa shape index (κ1) is 14.9.